The molecule has 6 heteroatoms. The van der Waals surface area contributed by atoms with Crippen LogP contribution in [0, 0.1) is 0 Å². The van der Waals surface area contributed by atoms with Crippen LogP contribution in [-0.4, -0.2) is 40.8 Å². The number of alkyl carbamates (subject to hydrolysis) is 1. The summed E-state index contributed by atoms with van der Waals surface area (Å²) in [5, 5.41) is 2.83. The number of nitrogens with one attached hydrogen (secondary N) is 1. The van der Waals surface area contributed by atoms with Crippen molar-refractivity contribution in [3.05, 3.63) is 18.6 Å². The van der Waals surface area contributed by atoms with Crippen molar-refractivity contribution in [3.8, 4) is 0 Å². The number of amides is 1. The zero-order valence-corrected chi connectivity index (χ0v) is 12.3. The Morgan fingerprint density at radius 3 is 2.95 bits per heavy atom. The highest BCUT2D eigenvalue weighted by molar-refractivity contribution is 5.67. The molecule has 1 fully saturated rings. The van der Waals surface area contributed by atoms with Gasteiger partial charge < -0.3 is 15.0 Å². The molecule has 2 heterocycles. The second-order valence-electron chi connectivity index (χ2n) is 5.94. The average Bonchev–Trinajstić information content (AvgIpc) is 2.83. The smallest absolute Gasteiger partial charge is 0.407 e. The van der Waals surface area contributed by atoms with Crippen LogP contribution in [0.4, 0.5) is 10.6 Å². The first-order chi connectivity index (χ1) is 9.46. The minimum absolute atomic E-state index is 0.249. The van der Waals surface area contributed by atoms with Crippen LogP contribution in [0.15, 0.2) is 18.6 Å². The maximum Gasteiger partial charge on any atom is 0.407 e. The normalized spacial score (nSPS) is 18.9. The monoisotopic (exact) mass is 278 g/mol. The summed E-state index contributed by atoms with van der Waals surface area (Å²) >= 11 is 0. The molecule has 0 unspecified atom stereocenters. The van der Waals surface area contributed by atoms with E-state index < -0.39 is 5.60 Å². The third-order valence-electron chi connectivity index (χ3n) is 3.10. The van der Waals surface area contributed by atoms with Gasteiger partial charge in [0.2, 0.25) is 0 Å². The zero-order chi connectivity index (χ0) is 14.6. The van der Waals surface area contributed by atoms with Gasteiger partial charge in [0.25, 0.3) is 0 Å². The van der Waals surface area contributed by atoms with Crippen molar-refractivity contribution in [1.29, 1.82) is 0 Å². The van der Waals surface area contributed by atoms with Crippen LogP contribution in [0.2, 0.25) is 0 Å². The fraction of sp³-hybridized carbons (Fsp3) is 0.643. The number of carbonyl (C=O) groups excluding carboxylic acids is 1. The van der Waals surface area contributed by atoms with Crippen molar-refractivity contribution in [2.24, 2.45) is 0 Å². The number of hydrogen-bond acceptors (Lipinski definition) is 5. The van der Waals surface area contributed by atoms with E-state index in [-0.39, 0.29) is 12.1 Å². The number of ether oxygens (including phenoxy) is 1. The van der Waals surface area contributed by atoms with Gasteiger partial charge in [-0.05, 0) is 33.6 Å². The van der Waals surface area contributed by atoms with E-state index in [1.807, 2.05) is 20.8 Å². The second kappa shape index (κ2) is 6.07. The van der Waals surface area contributed by atoms with E-state index in [2.05, 4.69) is 20.2 Å². The molecule has 2 rings (SSSR count). The fourth-order valence-electron chi connectivity index (χ4n) is 2.30. The fourth-order valence-corrected chi connectivity index (χ4v) is 2.30. The molecular weight excluding hydrogens is 256 g/mol. The van der Waals surface area contributed by atoms with Crippen molar-refractivity contribution in [2.45, 2.75) is 45.3 Å². The predicted molar refractivity (Wildman–Crippen MR) is 76.6 cm³/mol. The number of carbonyl (C=O) groups is 1. The Balaban J connectivity index is 1.88. The molecule has 110 valence electrons. The standard InChI is InChI=1S/C14H22N4O2/c1-14(2,3)20-13(19)17-9-11-5-4-8-18(11)12-10-15-6-7-16-12/h6-7,10-11H,4-5,8-9H2,1-3H3,(H,17,19)/t11-/m1/s1. The van der Waals surface area contributed by atoms with Crippen molar-refractivity contribution in [2.75, 3.05) is 18.0 Å². The van der Waals surface area contributed by atoms with Crippen LogP contribution in [0.3, 0.4) is 0 Å². The highest BCUT2D eigenvalue weighted by atomic mass is 16.6. The van der Waals surface area contributed by atoms with Gasteiger partial charge in [-0.2, -0.15) is 0 Å². The molecule has 20 heavy (non-hydrogen) atoms. The molecule has 1 aromatic heterocycles. The minimum atomic E-state index is -0.468. The van der Waals surface area contributed by atoms with E-state index in [4.69, 9.17) is 4.74 Å². The lowest BCUT2D eigenvalue weighted by molar-refractivity contribution is 0.0525. The van der Waals surface area contributed by atoms with Gasteiger partial charge in [-0.1, -0.05) is 0 Å². The van der Waals surface area contributed by atoms with Crippen LogP contribution in [-0.2, 0) is 4.74 Å². The lowest BCUT2D eigenvalue weighted by atomic mass is 10.2. The van der Waals surface area contributed by atoms with Gasteiger partial charge in [0.15, 0.2) is 0 Å². The van der Waals surface area contributed by atoms with Crippen molar-refractivity contribution < 1.29 is 9.53 Å². The molecule has 1 aliphatic heterocycles. The van der Waals surface area contributed by atoms with E-state index in [0.717, 1.165) is 25.2 Å². The Morgan fingerprint density at radius 2 is 2.30 bits per heavy atom. The van der Waals surface area contributed by atoms with E-state index in [1.54, 1.807) is 18.6 Å². The highest BCUT2D eigenvalue weighted by Gasteiger charge is 2.26. The maximum atomic E-state index is 11.7. The summed E-state index contributed by atoms with van der Waals surface area (Å²) < 4.78 is 5.24. The number of aromatic nitrogens is 2. The summed E-state index contributed by atoms with van der Waals surface area (Å²) in [6.07, 6.45) is 6.86. The number of anilines is 1. The quantitative estimate of drug-likeness (QED) is 0.915. The summed E-state index contributed by atoms with van der Waals surface area (Å²) in [7, 11) is 0. The molecule has 1 aromatic rings. The average molecular weight is 278 g/mol. The molecule has 1 N–H and O–H groups in total. The Hall–Kier alpha value is -1.85. The summed E-state index contributed by atoms with van der Waals surface area (Å²) in [5.74, 6) is 0.862. The van der Waals surface area contributed by atoms with Gasteiger partial charge in [-0.3, -0.25) is 4.98 Å². The molecule has 1 amide bonds. The summed E-state index contributed by atoms with van der Waals surface area (Å²) in [4.78, 5) is 22.3. The van der Waals surface area contributed by atoms with E-state index >= 15 is 0 Å². The molecule has 1 atom stereocenters. The number of hydrogen-bond donors (Lipinski definition) is 1. The van der Waals surface area contributed by atoms with E-state index in [1.165, 1.54) is 0 Å². The highest BCUT2D eigenvalue weighted by Crippen LogP contribution is 2.22. The van der Waals surface area contributed by atoms with Crippen LogP contribution >= 0.6 is 0 Å². The first-order valence-electron chi connectivity index (χ1n) is 6.95. The molecule has 0 bridgehead atoms. The van der Waals surface area contributed by atoms with Gasteiger partial charge in [-0.15, -0.1) is 0 Å². The summed E-state index contributed by atoms with van der Waals surface area (Å²) in [5.41, 5.74) is -0.468. The van der Waals surface area contributed by atoms with Crippen LogP contribution in [0.5, 0.6) is 0 Å². The SMILES string of the molecule is CC(C)(C)OC(=O)NC[C@H]1CCCN1c1cnccn1. The molecule has 0 aliphatic carbocycles. The third-order valence-corrected chi connectivity index (χ3v) is 3.10. The van der Waals surface area contributed by atoms with Crippen LogP contribution in [0.25, 0.3) is 0 Å². The van der Waals surface area contributed by atoms with Crippen LogP contribution < -0.4 is 10.2 Å². The summed E-state index contributed by atoms with van der Waals surface area (Å²) in [6, 6.07) is 0.249. The zero-order valence-electron chi connectivity index (χ0n) is 12.3. The molecular formula is C14H22N4O2. The van der Waals surface area contributed by atoms with Gasteiger partial charge >= 0.3 is 6.09 Å². The Morgan fingerprint density at radius 1 is 1.50 bits per heavy atom. The third kappa shape index (κ3) is 4.08. The topological polar surface area (TPSA) is 67.3 Å². The molecule has 0 aromatic carbocycles. The van der Waals surface area contributed by atoms with E-state index in [0.29, 0.717) is 6.54 Å². The van der Waals surface area contributed by atoms with Gasteiger partial charge in [0.05, 0.1) is 6.20 Å². The van der Waals surface area contributed by atoms with Gasteiger partial charge in [0.1, 0.15) is 11.4 Å². The number of nitrogens with zero attached hydrogens (tertiary/aromatic N) is 3. The Kier molecular flexibility index (Phi) is 4.42. The van der Waals surface area contributed by atoms with Gasteiger partial charge in [0, 0.05) is 31.5 Å². The Labute approximate surface area is 119 Å². The molecule has 0 spiro atoms. The van der Waals surface area contributed by atoms with Crippen molar-refractivity contribution in [1.82, 2.24) is 15.3 Å². The maximum absolute atomic E-state index is 11.7. The van der Waals surface area contributed by atoms with Crippen LogP contribution in [0.1, 0.15) is 33.6 Å². The van der Waals surface area contributed by atoms with Gasteiger partial charge in [-0.25, -0.2) is 9.78 Å². The molecule has 1 aliphatic rings. The number of rotatable bonds is 3. The Bertz CT molecular complexity index is 444. The molecule has 0 radical (unpaired) electrons. The first kappa shape index (κ1) is 14.6. The minimum Gasteiger partial charge on any atom is -0.444 e. The van der Waals surface area contributed by atoms with Crippen molar-refractivity contribution in [3.63, 3.8) is 0 Å². The summed E-state index contributed by atoms with van der Waals surface area (Å²) in [6.45, 7) is 7.07. The molecule has 1 saturated heterocycles. The lowest BCUT2D eigenvalue weighted by Gasteiger charge is -2.26. The molecule has 6 nitrogen and oxygen atoms in total. The van der Waals surface area contributed by atoms with Crippen molar-refractivity contribution >= 4 is 11.9 Å². The molecule has 0 saturated carbocycles. The predicted octanol–water partition coefficient (Wildman–Crippen LogP) is 1.97. The lowest BCUT2D eigenvalue weighted by Crippen LogP contribution is -2.42. The van der Waals surface area contributed by atoms with E-state index in [9.17, 15) is 4.79 Å². The largest absolute Gasteiger partial charge is 0.444 e. The second-order valence-corrected chi connectivity index (χ2v) is 5.94. The first-order valence-corrected chi connectivity index (χ1v) is 6.95.